The largest absolute Gasteiger partial charge is 0.448 e. The highest BCUT2D eigenvalue weighted by Crippen LogP contribution is 2.10. The number of amides is 1. The normalized spacial score (nSPS) is 16.0. The molecule has 1 aliphatic rings. The molecule has 1 aromatic carbocycles. The predicted molar refractivity (Wildman–Crippen MR) is 73.1 cm³/mol. The van der Waals surface area contributed by atoms with Crippen LogP contribution in [0, 0.1) is 0 Å². The van der Waals surface area contributed by atoms with Crippen LogP contribution in [0.1, 0.15) is 0 Å². The molecule has 1 amide bonds. The second-order valence-electron chi connectivity index (χ2n) is 4.34. The maximum atomic E-state index is 11.5. The Balaban J connectivity index is 1.65. The molecule has 0 aliphatic carbocycles. The maximum Gasteiger partial charge on any atom is 0.411 e. The van der Waals surface area contributed by atoms with E-state index in [-0.39, 0.29) is 0 Å². The van der Waals surface area contributed by atoms with Gasteiger partial charge in [-0.3, -0.25) is 10.2 Å². The minimum absolute atomic E-state index is 0.376. The average Bonchev–Trinajstić information content (AvgIpc) is 2.43. The standard InChI is InChI=1S/C13H19N3O3/c14-11-1-3-12(4-2-11)15-13(17)19-10-7-16-5-8-18-9-6-16/h1-4H,5-10,14H2,(H,15,17). The zero-order valence-electron chi connectivity index (χ0n) is 10.8. The van der Waals surface area contributed by atoms with Gasteiger partial charge in [-0.1, -0.05) is 0 Å². The number of benzene rings is 1. The summed E-state index contributed by atoms with van der Waals surface area (Å²) in [4.78, 5) is 13.7. The van der Waals surface area contributed by atoms with Crippen LogP contribution in [0.5, 0.6) is 0 Å². The molecule has 3 N–H and O–H groups in total. The van der Waals surface area contributed by atoms with Crippen molar-refractivity contribution in [3.8, 4) is 0 Å². The van der Waals surface area contributed by atoms with Gasteiger partial charge in [0.05, 0.1) is 13.2 Å². The lowest BCUT2D eigenvalue weighted by Crippen LogP contribution is -2.38. The van der Waals surface area contributed by atoms with Gasteiger partial charge in [-0.25, -0.2) is 4.79 Å². The summed E-state index contributed by atoms with van der Waals surface area (Å²) in [6.07, 6.45) is -0.446. The van der Waals surface area contributed by atoms with Gasteiger partial charge in [0.1, 0.15) is 6.61 Å². The summed E-state index contributed by atoms with van der Waals surface area (Å²) < 4.78 is 10.4. The molecule has 6 nitrogen and oxygen atoms in total. The Hall–Kier alpha value is -1.79. The van der Waals surface area contributed by atoms with Gasteiger partial charge in [0, 0.05) is 31.0 Å². The molecule has 6 heteroatoms. The van der Waals surface area contributed by atoms with E-state index >= 15 is 0 Å². The summed E-state index contributed by atoms with van der Waals surface area (Å²) in [6.45, 7) is 4.39. The summed E-state index contributed by atoms with van der Waals surface area (Å²) in [6, 6.07) is 6.92. The van der Waals surface area contributed by atoms with Crippen LogP contribution in [0.3, 0.4) is 0 Å². The Morgan fingerprint density at radius 3 is 2.68 bits per heavy atom. The summed E-state index contributed by atoms with van der Waals surface area (Å²) in [5.41, 5.74) is 6.89. The van der Waals surface area contributed by atoms with Crippen LogP contribution in [0.25, 0.3) is 0 Å². The van der Waals surface area contributed by atoms with E-state index in [2.05, 4.69) is 10.2 Å². The number of nitrogens with one attached hydrogen (secondary N) is 1. The number of ether oxygens (including phenoxy) is 2. The van der Waals surface area contributed by atoms with Crippen LogP contribution in [0.15, 0.2) is 24.3 Å². The zero-order valence-corrected chi connectivity index (χ0v) is 10.8. The molecule has 104 valence electrons. The number of anilines is 2. The fourth-order valence-electron chi connectivity index (χ4n) is 1.81. The van der Waals surface area contributed by atoms with Gasteiger partial charge in [0.2, 0.25) is 0 Å². The molecule has 19 heavy (non-hydrogen) atoms. The highest BCUT2D eigenvalue weighted by atomic mass is 16.5. The van der Waals surface area contributed by atoms with Gasteiger partial charge < -0.3 is 15.2 Å². The van der Waals surface area contributed by atoms with Gasteiger partial charge in [-0.15, -0.1) is 0 Å². The molecule has 0 unspecified atom stereocenters. The number of rotatable bonds is 4. The molecule has 0 spiro atoms. The van der Waals surface area contributed by atoms with Crippen LogP contribution in [-0.2, 0) is 9.47 Å². The lowest BCUT2D eigenvalue weighted by Gasteiger charge is -2.26. The molecule has 2 rings (SSSR count). The number of nitrogens with two attached hydrogens (primary N) is 1. The minimum atomic E-state index is -0.446. The second-order valence-corrected chi connectivity index (χ2v) is 4.34. The number of carbonyl (C=O) groups excluding carboxylic acids is 1. The fourth-order valence-corrected chi connectivity index (χ4v) is 1.81. The smallest absolute Gasteiger partial charge is 0.411 e. The first-order chi connectivity index (χ1) is 9.24. The molecular formula is C13H19N3O3. The first kappa shape index (κ1) is 13.6. The monoisotopic (exact) mass is 265 g/mol. The first-order valence-corrected chi connectivity index (χ1v) is 6.33. The molecule has 1 fully saturated rings. The molecular weight excluding hydrogens is 246 g/mol. The van der Waals surface area contributed by atoms with Crippen molar-refractivity contribution in [1.29, 1.82) is 0 Å². The van der Waals surface area contributed by atoms with E-state index < -0.39 is 6.09 Å². The summed E-state index contributed by atoms with van der Waals surface area (Å²) in [5, 5.41) is 2.65. The van der Waals surface area contributed by atoms with Gasteiger partial charge in [0.25, 0.3) is 0 Å². The molecule has 1 aliphatic heterocycles. The van der Waals surface area contributed by atoms with Crippen LogP contribution in [0.4, 0.5) is 16.2 Å². The Morgan fingerprint density at radius 2 is 2.00 bits per heavy atom. The SMILES string of the molecule is Nc1ccc(NC(=O)OCCN2CCOCC2)cc1. The highest BCUT2D eigenvalue weighted by molar-refractivity contribution is 5.84. The van der Waals surface area contributed by atoms with Crippen molar-refractivity contribution in [3.63, 3.8) is 0 Å². The Kier molecular flexibility index (Phi) is 5.00. The van der Waals surface area contributed by atoms with Crippen molar-refractivity contribution in [2.24, 2.45) is 0 Å². The second kappa shape index (κ2) is 6.96. The maximum absolute atomic E-state index is 11.5. The lowest BCUT2D eigenvalue weighted by molar-refractivity contribution is 0.0290. The van der Waals surface area contributed by atoms with Crippen molar-refractivity contribution in [2.75, 3.05) is 50.5 Å². The molecule has 0 bridgehead atoms. The third-order valence-corrected chi connectivity index (χ3v) is 2.90. The van der Waals surface area contributed by atoms with E-state index in [1.54, 1.807) is 24.3 Å². The summed E-state index contributed by atoms with van der Waals surface area (Å²) >= 11 is 0. The number of carbonyl (C=O) groups is 1. The number of nitrogen functional groups attached to an aromatic ring is 1. The molecule has 0 saturated carbocycles. The van der Waals surface area contributed by atoms with Crippen LogP contribution in [-0.4, -0.2) is 50.4 Å². The van der Waals surface area contributed by atoms with Crippen molar-refractivity contribution in [1.82, 2.24) is 4.90 Å². The van der Waals surface area contributed by atoms with Crippen molar-refractivity contribution >= 4 is 17.5 Å². The number of morpholine rings is 1. The van der Waals surface area contributed by atoms with E-state index in [4.69, 9.17) is 15.2 Å². The molecule has 1 aromatic rings. The van der Waals surface area contributed by atoms with Gasteiger partial charge in [0.15, 0.2) is 0 Å². The quantitative estimate of drug-likeness (QED) is 0.799. The Morgan fingerprint density at radius 1 is 1.32 bits per heavy atom. The number of hydrogen-bond acceptors (Lipinski definition) is 5. The third-order valence-electron chi connectivity index (χ3n) is 2.90. The van der Waals surface area contributed by atoms with E-state index in [0.29, 0.717) is 18.0 Å². The van der Waals surface area contributed by atoms with Gasteiger partial charge in [-0.2, -0.15) is 0 Å². The number of hydrogen-bond donors (Lipinski definition) is 2. The van der Waals surface area contributed by atoms with Crippen molar-refractivity contribution in [2.45, 2.75) is 0 Å². The average molecular weight is 265 g/mol. The summed E-state index contributed by atoms with van der Waals surface area (Å²) in [5.74, 6) is 0. The minimum Gasteiger partial charge on any atom is -0.448 e. The van der Waals surface area contributed by atoms with Gasteiger partial charge in [-0.05, 0) is 24.3 Å². The van der Waals surface area contributed by atoms with E-state index in [0.717, 1.165) is 32.8 Å². The first-order valence-electron chi connectivity index (χ1n) is 6.33. The third kappa shape index (κ3) is 4.76. The number of nitrogens with zero attached hydrogens (tertiary/aromatic N) is 1. The van der Waals surface area contributed by atoms with Crippen LogP contribution in [0.2, 0.25) is 0 Å². The summed E-state index contributed by atoms with van der Waals surface area (Å²) in [7, 11) is 0. The van der Waals surface area contributed by atoms with Crippen molar-refractivity contribution < 1.29 is 14.3 Å². The molecule has 0 atom stereocenters. The molecule has 1 heterocycles. The van der Waals surface area contributed by atoms with Crippen molar-refractivity contribution in [3.05, 3.63) is 24.3 Å². The van der Waals surface area contributed by atoms with Crippen LogP contribution < -0.4 is 11.1 Å². The molecule has 1 saturated heterocycles. The molecule has 0 radical (unpaired) electrons. The van der Waals surface area contributed by atoms with Gasteiger partial charge >= 0.3 is 6.09 Å². The fraction of sp³-hybridized carbons (Fsp3) is 0.462. The Labute approximate surface area is 112 Å². The Bertz CT molecular complexity index is 402. The predicted octanol–water partition coefficient (Wildman–Crippen LogP) is 1.15. The van der Waals surface area contributed by atoms with E-state index in [1.807, 2.05) is 0 Å². The van der Waals surface area contributed by atoms with Crippen LogP contribution >= 0.6 is 0 Å². The highest BCUT2D eigenvalue weighted by Gasteiger charge is 2.10. The molecule has 0 aromatic heterocycles. The van der Waals surface area contributed by atoms with E-state index in [1.165, 1.54) is 0 Å². The lowest BCUT2D eigenvalue weighted by atomic mass is 10.3. The van der Waals surface area contributed by atoms with E-state index in [9.17, 15) is 4.79 Å². The zero-order chi connectivity index (χ0) is 13.5. The topological polar surface area (TPSA) is 76.8 Å².